The van der Waals surface area contributed by atoms with E-state index in [-0.39, 0.29) is 11.9 Å². The Morgan fingerprint density at radius 3 is 2.57 bits per heavy atom. The van der Waals surface area contributed by atoms with Gasteiger partial charge in [0, 0.05) is 12.5 Å². The normalized spacial score (nSPS) is 25.4. The molecule has 0 aromatic heterocycles. The van der Waals surface area contributed by atoms with E-state index in [1.54, 1.807) is 0 Å². The van der Waals surface area contributed by atoms with Crippen LogP contribution < -0.4 is 10.6 Å². The van der Waals surface area contributed by atoms with Gasteiger partial charge in [-0.25, -0.2) is 0 Å². The van der Waals surface area contributed by atoms with Crippen LogP contribution in [0.1, 0.15) is 44.7 Å². The molecule has 0 spiro atoms. The number of nitrogens with one attached hydrogen (secondary N) is 2. The van der Waals surface area contributed by atoms with E-state index < -0.39 is 6.04 Å². The van der Waals surface area contributed by atoms with E-state index in [2.05, 4.69) is 49.6 Å². The number of nitrogens with zero attached hydrogens (tertiary/aromatic N) is 1. The molecule has 0 bridgehead atoms. The lowest BCUT2D eigenvalue weighted by Crippen LogP contribution is -2.55. The van der Waals surface area contributed by atoms with Crippen LogP contribution in [-0.2, 0) is 17.6 Å². The zero-order valence-electron chi connectivity index (χ0n) is 14.3. The van der Waals surface area contributed by atoms with Crippen LogP contribution in [0.4, 0.5) is 0 Å². The number of carbonyl (C=O) groups is 1. The maximum absolute atomic E-state index is 12.5. The Morgan fingerprint density at radius 2 is 1.96 bits per heavy atom. The van der Waals surface area contributed by atoms with E-state index in [1.807, 2.05) is 12.1 Å². The number of carbonyl (C=O) groups excluding carboxylic acids is 1. The molecule has 1 aliphatic rings. The topological polar surface area (TPSA) is 64.9 Å². The first kappa shape index (κ1) is 17.5. The SMILES string of the molecule is CCc1ccc(C[C@@H](C#N)NC(=O)[C@H]2N[C@@H](C)CC[C@H]2C)cc1. The summed E-state index contributed by atoms with van der Waals surface area (Å²) in [5, 5.41) is 15.6. The predicted molar refractivity (Wildman–Crippen MR) is 91.9 cm³/mol. The molecular formula is C19H27N3O. The molecule has 0 unspecified atom stereocenters. The molecule has 1 aromatic carbocycles. The molecular weight excluding hydrogens is 286 g/mol. The molecule has 4 heteroatoms. The van der Waals surface area contributed by atoms with Crippen molar-refractivity contribution in [1.29, 1.82) is 5.26 Å². The predicted octanol–water partition coefficient (Wildman–Crippen LogP) is 2.58. The molecule has 124 valence electrons. The quantitative estimate of drug-likeness (QED) is 0.878. The van der Waals surface area contributed by atoms with E-state index in [4.69, 9.17) is 0 Å². The summed E-state index contributed by atoms with van der Waals surface area (Å²) in [6.45, 7) is 6.31. The Morgan fingerprint density at radius 1 is 1.30 bits per heavy atom. The zero-order chi connectivity index (χ0) is 16.8. The average molecular weight is 313 g/mol. The third-order valence-corrected chi connectivity index (χ3v) is 4.71. The summed E-state index contributed by atoms with van der Waals surface area (Å²) in [5.74, 6) is 0.246. The highest BCUT2D eigenvalue weighted by Gasteiger charge is 2.31. The number of hydrogen-bond donors (Lipinski definition) is 2. The molecule has 0 saturated carbocycles. The minimum absolute atomic E-state index is 0.0548. The van der Waals surface area contributed by atoms with Gasteiger partial charge in [0.2, 0.25) is 5.91 Å². The Balaban J connectivity index is 1.95. The Kier molecular flexibility index (Phi) is 6.18. The van der Waals surface area contributed by atoms with Crippen molar-refractivity contribution in [2.45, 2.75) is 64.6 Å². The van der Waals surface area contributed by atoms with Gasteiger partial charge in [0.15, 0.2) is 0 Å². The van der Waals surface area contributed by atoms with Crippen molar-refractivity contribution in [2.24, 2.45) is 5.92 Å². The molecule has 1 heterocycles. The molecule has 2 N–H and O–H groups in total. The van der Waals surface area contributed by atoms with E-state index >= 15 is 0 Å². The van der Waals surface area contributed by atoms with Crippen molar-refractivity contribution in [3.8, 4) is 6.07 Å². The molecule has 0 aliphatic carbocycles. The first-order chi connectivity index (χ1) is 11.0. The molecule has 4 nitrogen and oxygen atoms in total. The zero-order valence-corrected chi connectivity index (χ0v) is 14.3. The minimum atomic E-state index is -0.485. The number of hydrogen-bond acceptors (Lipinski definition) is 3. The molecule has 4 atom stereocenters. The summed E-state index contributed by atoms with van der Waals surface area (Å²) in [6, 6.07) is 10.1. The third kappa shape index (κ3) is 4.80. The van der Waals surface area contributed by atoms with Crippen LogP contribution in [0.3, 0.4) is 0 Å². The average Bonchev–Trinajstić information content (AvgIpc) is 2.57. The fraction of sp³-hybridized carbons (Fsp3) is 0.579. The number of nitriles is 1. The molecule has 1 amide bonds. The number of aryl methyl sites for hydroxylation is 1. The molecule has 23 heavy (non-hydrogen) atoms. The van der Waals surface area contributed by atoms with Crippen LogP contribution >= 0.6 is 0 Å². The summed E-state index contributed by atoms with van der Waals surface area (Å²) < 4.78 is 0. The summed E-state index contributed by atoms with van der Waals surface area (Å²) in [6.07, 6.45) is 3.68. The summed E-state index contributed by atoms with van der Waals surface area (Å²) in [4.78, 5) is 12.5. The minimum Gasteiger partial charge on any atom is -0.339 e. The smallest absolute Gasteiger partial charge is 0.238 e. The van der Waals surface area contributed by atoms with Crippen molar-refractivity contribution < 1.29 is 4.79 Å². The standard InChI is InChI=1S/C19H27N3O/c1-4-15-7-9-16(10-8-15)11-17(12-20)22-19(23)18-13(2)5-6-14(3)21-18/h7-10,13-14,17-18,21H,4-6,11H2,1-3H3,(H,22,23)/t13-,14+,17+,18+/m1/s1. The van der Waals surface area contributed by atoms with Gasteiger partial charge < -0.3 is 10.6 Å². The van der Waals surface area contributed by atoms with Gasteiger partial charge in [-0.3, -0.25) is 4.79 Å². The first-order valence-corrected chi connectivity index (χ1v) is 8.57. The third-order valence-electron chi connectivity index (χ3n) is 4.71. The highest BCUT2D eigenvalue weighted by atomic mass is 16.2. The van der Waals surface area contributed by atoms with Gasteiger partial charge in [-0.1, -0.05) is 38.1 Å². The highest BCUT2D eigenvalue weighted by molar-refractivity contribution is 5.82. The van der Waals surface area contributed by atoms with Gasteiger partial charge in [0.25, 0.3) is 0 Å². The molecule has 2 rings (SSSR count). The van der Waals surface area contributed by atoms with Crippen LogP contribution in [0.2, 0.25) is 0 Å². The van der Waals surface area contributed by atoms with Crippen LogP contribution in [0.25, 0.3) is 0 Å². The largest absolute Gasteiger partial charge is 0.339 e. The lowest BCUT2D eigenvalue weighted by atomic mass is 9.88. The van der Waals surface area contributed by atoms with E-state index in [0.29, 0.717) is 18.4 Å². The highest BCUT2D eigenvalue weighted by Crippen LogP contribution is 2.19. The fourth-order valence-electron chi connectivity index (χ4n) is 3.10. The fourth-order valence-corrected chi connectivity index (χ4v) is 3.10. The molecule has 1 saturated heterocycles. The van der Waals surface area contributed by atoms with Gasteiger partial charge in [0.05, 0.1) is 12.1 Å². The lowest BCUT2D eigenvalue weighted by molar-refractivity contribution is -0.125. The Labute approximate surface area is 139 Å². The molecule has 1 fully saturated rings. The number of rotatable bonds is 5. The van der Waals surface area contributed by atoms with Gasteiger partial charge in [-0.05, 0) is 43.2 Å². The van der Waals surface area contributed by atoms with Gasteiger partial charge in [-0.15, -0.1) is 0 Å². The van der Waals surface area contributed by atoms with Gasteiger partial charge >= 0.3 is 0 Å². The number of piperidine rings is 1. The summed E-state index contributed by atoms with van der Waals surface area (Å²) in [5.41, 5.74) is 2.35. The van der Waals surface area contributed by atoms with Gasteiger partial charge in [-0.2, -0.15) is 5.26 Å². The second kappa shape index (κ2) is 8.12. The second-order valence-electron chi connectivity index (χ2n) is 6.66. The molecule has 1 aromatic rings. The number of amides is 1. The van der Waals surface area contributed by atoms with Crippen LogP contribution in [-0.4, -0.2) is 24.0 Å². The van der Waals surface area contributed by atoms with Crippen LogP contribution in [0.15, 0.2) is 24.3 Å². The maximum Gasteiger partial charge on any atom is 0.238 e. The number of benzene rings is 1. The maximum atomic E-state index is 12.5. The van der Waals surface area contributed by atoms with Crippen molar-refractivity contribution in [1.82, 2.24) is 10.6 Å². The van der Waals surface area contributed by atoms with E-state index in [9.17, 15) is 10.1 Å². The summed E-state index contributed by atoms with van der Waals surface area (Å²) in [7, 11) is 0. The van der Waals surface area contributed by atoms with Gasteiger partial charge in [0.1, 0.15) is 6.04 Å². The van der Waals surface area contributed by atoms with Crippen molar-refractivity contribution in [3.05, 3.63) is 35.4 Å². The van der Waals surface area contributed by atoms with Crippen molar-refractivity contribution >= 4 is 5.91 Å². The van der Waals surface area contributed by atoms with E-state index in [1.165, 1.54) is 5.56 Å². The molecule has 0 radical (unpaired) electrons. The molecule has 1 aliphatic heterocycles. The van der Waals surface area contributed by atoms with Crippen molar-refractivity contribution in [2.75, 3.05) is 0 Å². The Bertz CT molecular complexity index is 561. The summed E-state index contributed by atoms with van der Waals surface area (Å²) >= 11 is 0. The first-order valence-electron chi connectivity index (χ1n) is 8.57. The van der Waals surface area contributed by atoms with Crippen LogP contribution in [0, 0.1) is 17.2 Å². The van der Waals surface area contributed by atoms with E-state index in [0.717, 1.165) is 24.8 Å². The Hall–Kier alpha value is -1.86. The monoisotopic (exact) mass is 313 g/mol. The second-order valence-corrected chi connectivity index (χ2v) is 6.66. The van der Waals surface area contributed by atoms with Crippen molar-refractivity contribution in [3.63, 3.8) is 0 Å². The van der Waals surface area contributed by atoms with Crippen LogP contribution in [0.5, 0.6) is 0 Å². The lowest BCUT2D eigenvalue weighted by Gasteiger charge is -2.33.